The molecule has 0 amide bonds. The molecule has 0 saturated carbocycles. The summed E-state index contributed by atoms with van der Waals surface area (Å²) < 4.78 is 5.07. The minimum atomic E-state index is -0.278. The molecule has 0 saturated heterocycles. The molecule has 0 N–H and O–H groups in total. The van der Waals surface area contributed by atoms with Crippen LogP contribution in [-0.4, -0.2) is 18.4 Å². The van der Waals surface area contributed by atoms with E-state index < -0.39 is 0 Å². The highest BCUT2D eigenvalue weighted by atomic mass is 16.5. The fraction of sp³-hybridized carbons (Fsp3) is 0.615. The van der Waals surface area contributed by atoms with Crippen LogP contribution >= 0.6 is 0 Å². The Balaban J connectivity index is 1.88. The molecule has 0 radical (unpaired) electrons. The van der Waals surface area contributed by atoms with Crippen LogP contribution in [0.5, 0.6) is 0 Å². The van der Waals surface area contributed by atoms with E-state index in [1.54, 1.807) is 24.3 Å². The molecule has 3 nitrogen and oxygen atoms in total. The summed E-state index contributed by atoms with van der Waals surface area (Å²) in [6, 6.07) is 8.93. The van der Waals surface area contributed by atoms with Gasteiger partial charge in [-0.3, -0.25) is 9.59 Å². The average molecular weight is 401 g/mol. The molecule has 1 aromatic rings. The Bertz CT molecular complexity index is 563. The van der Waals surface area contributed by atoms with Gasteiger partial charge in [0.1, 0.15) is 0 Å². The number of esters is 1. The van der Waals surface area contributed by atoms with Crippen LogP contribution in [0.25, 0.3) is 0 Å². The van der Waals surface area contributed by atoms with Crippen LogP contribution in [-0.2, 0) is 9.53 Å². The fourth-order valence-corrected chi connectivity index (χ4v) is 3.27. The molecular weight excluding hydrogens is 360 g/mol. The second kappa shape index (κ2) is 18.1. The highest BCUT2D eigenvalue weighted by Crippen LogP contribution is 2.10. The number of hydrogen-bond acceptors (Lipinski definition) is 3. The van der Waals surface area contributed by atoms with Crippen LogP contribution in [0.4, 0.5) is 0 Å². The molecule has 0 atom stereocenters. The van der Waals surface area contributed by atoms with Gasteiger partial charge in [0.25, 0.3) is 0 Å². The number of rotatable bonds is 18. The van der Waals surface area contributed by atoms with E-state index in [2.05, 4.69) is 19.1 Å². The predicted octanol–water partition coefficient (Wildman–Crippen LogP) is 7.45. The molecule has 0 unspecified atom stereocenters. The Kier molecular flexibility index (Phi) is 15.7. The van der Waals surface area contributed by atoms with Crippen molar-refractivity contribution in [1.29, 1.82) is 0 Å². The average Bonchev–Trinajstić information content (AvgIpc) is 2.75. The minimum Gasteiger partial charge on any atom is -0.457 e. The van der Waals surface area contributed by atoms with Gasteiger partial charge >= 0.3 is 5.97 Å². The molecule has 162 valence electrons. The lowest BCUT2D eigenvalue weighted by molar-refractivity contribution is -0.142. The van der Waals surface area contributed by atoms with E-state index in [-0.39, 0.29) is 18.4 Å². The Hall–Kier alpha value is -1.90. The van der Waals surface area contributed by atoms with Gasteiger partial charge < -0.3 is 4.74 Å². The van der Waals surface area contributed by atoms with Crippen molar-refractivity contribution in [3.05, 3.63) is 48.0 Å². The van der Waals surface area contributed by atoms with Gasteiger partial charge in [0.05, 0.1) is 0 Å². The number of allylic oxidation sites excluding steroid dienone is 2. The van der Waals surface area contributed by atoms with Crippen molar-refractivity contribution in [2.75, 3.05) is 6.61 Å². The Labute approximate surface area is 177 Å². The van der Waals surface area contributed by atoms with Crippen molar-refractivity contribution in [2.45, 2.75) is 96.8 Å². The molecule has 0 aliphatic carbocycles. The third-order valence-corrected chi connectivity index (χ3v) is 5.10. The molecule has 0 aliphatic heterocycles. The summed E-state index contributed by atoms with van der Waals surface area (Å²) in [5.74, 6) is -0.430. The minimum absolute atomic E-state index is 0.152. The van der Waals surface area contributed by atoms with Crippen molar-refractivity contribution in [3.8, 4) is 0 Å². The molecule has 0 aromatic heterocycles. The van der Waals surface area contributed by atoms with Crippen LogP contribution in [0.1, 0.15) is 107 Å². The largest absolute Gasteiger partial charge is 0.457 e. The maximum absolute atomic E-state index is 11.9. The number of Topliss-reactive ketones (excluding diaryl/α,β-unsaturated/α-hetero) is 1. The first kappa shape index (κ1) is 25.1. The Morgan fingerprint density at radius 3 is 1.93 bits per heavy atom. The SMILES string of the molecule is CCCCCCCCCC/C=C/CCCCCC(=O)OCC(=O)c1ccccc1. The maximum atomic E-state index is 11.9. The van der Waals surface area contributed by atoms with Crippen molar-refractivity contribution >= 4 is 11.8 Å². The van der Waals surface area contributed by atoms with E-state index in [1.165, 1.54) is 57.8 Å². The molecule has 1 rings (SSSR count). The smallest absolute Gasteiger partial charge is 0.306 e. The number of carbonyl (C=O) groups is 2. The van der Waals surface area contributed by atoms with Gasteiger partial charge in [-0.15, -0.1) is 0 Å². The monoisotopic (exact) mass is 400 g/mol. The van der Waals surface area contributed by atoms with E-state index in [4.69, 9.17) is 4.74 Å². The maximum Gasteiger partial charge on any atom is 0.306 e. The van der Waals surface area contributed by atoms with E-state index in [1.807, 2.05) is 6.07 Å². The van der Waals surface area contributed by atoms with E-state index in [9.17, 15) is 9.59 Å². The van der Waals surface area contributed by atoms with E-state index in [0.29, 0.717) is 12.0 Å². The van der Waals surface area contributed by atoms with Crippen molar-refractivity contribution < 1.29 is 14.3 Å². The first-order valence-corrected chi connectivity index (χ1v) is 11.6. The molecule has 0 heterocycles. The zero-order valence-electron chi connectivity index (χ0n) is 18.4. The van der Waals surface area contributed by atoms with Gasteiger partial charge in [-0.25, -0.2) is 0 Å². The predicted molar refractivity (Wildman–Crippen MR) is 121 cm³/mol. The number of ketones is 1. The van der Waals surface area contributed by atoms with Crippen LogP contribution in [0.2, 0.25) is 0 Å². The van der Waals surface area contributed by atoms with E-state index >= 15 is 0 Å². The standard InChI is InChI=1S/C26H40O3/c1-2-3-4-5-6-7-8-9-10-11-12-13-14-15-19-22-26(28)29-23-25(27)24-20-17-16-18-21-24/h11-12,16-18,20-21H,2-10,13-15,19,22-23H2,1H3/b12-11+. The zero-order valence-corrected chi connectivity index (χ0v) is 18.4. The first-order chi connectivity index (χ1) is 14.2. The highest BCUT2D eigenvalue weighted by Gasteiger charge is 2.09. The number of ether oxygens (including phenoxy) is 1. The molecule has 29 heavy (non-hydrogen) atoms. The summed E-state index contributed by atoms with van der Waals surface area (Å²) in [4.78, 5) is 23.6. The van der Waals surface area contributed by atoms with Gasteiger partial charge in [0, 0.05) is 12.0 Å². The molecule has 0 fully saturated rings. The second-order valence-corrected chi connectivity index (χ2v) is 7.78. The third-order valence-electron chi connectivity index (χ3n) is 5.10. The molecular formula is C26H40O3. The molecule has 0 bridgehead atoms. The summed E-state index contributed by atoms with van der Waals surface area (Å²) in [6.45, 7) is 2.10. The summed E-state index contributed by atoms with van der Waals surface area (Å²) in [7, 11) is 0. The topological polar surface area (TPSA) is 43.4 Å². The van der Waals surface area contributed by atoms with Crippen molar-refractivity contribution in [2.24, 2.45) is 0 Å². The molecule has 3 heteroatoms. The lowest BCUT2D eigenvalue weighted by atomic mass is 10.1. The normalized spacial score (nSPS) is 11.1. The molecule has 1 aromatic carbocycles. The lowest BCUT2D eigenvalue weighted by Crippen LogP contribution is -2.13. The van der Waals surface area contributed by atoms with E-state index in [0.717, 1.165) is 25.7 Å². The molecule has 0 aliphatic rings. The second-order valence-electron chi connectivity index (χ2n) is 7.78. The van der Waals surface area contributed by atoms with Gasteiger partial charge in [-0.05, 0) is 32.1 Å². The fourth-order valence-electron chi connectivity index (χ4n) is 3.27. The molecule has 0 spiro atoms. The van der Waals surface area contributed by atoms with Gasteiger partial charge in [0.15, 0.2) is 12.4 Å². The van der Waals surface area contributed by atoms with Crippen LogP contribution < -0.4 is 0 Å². The van der Waals surface area contributed by atoms with Gasteiger partial charge in [-0.1, -0.05) is 101 Å². The first-order valence-electron chi connectivity index (χ1n) is 11.6. The lowest BCUT2D eigenvalue weighted by Gasteiger charge is -2.04. The number of carbonyl (C=O) groups excluding carboxylic acids is 2. The van der Waals surface area contributed by atoms with Crippen LogP contribution in [0.15, 0.2) is 42.5 Å². The summed E-state index contributed by atoms with van der Waals surface area (Å²) in [6.07, 6.45) is 21.1. The van der Waals surface area contributed by atoms with Gasteiger partial charge in [-0.2, -0.15) is 0 Å². The summed E-state index contributed by atoms with van der Waals surface area (Å²) >= 11 is 0. The van der Waals surface area contributed by atoms with Crippen LogP contribution in [0, 0.1) is 0 Å². The highest BCUT2D eigenvalue weighted by molar-refractivity contribution is 5.97. The third kappa shape index (κ3) is 14.7. The van der Waals surface area contributed by atoms with Crippen molar-refractivity contribution in [1.82, 2.24) is 0 Å². The van der Waals surface area contributed by atoms with Crippen molar-refractivity contribution in [3.63, 3.8) is 0 Å². The Morgan fingerprint density at radius 2 is 1.31 bits per heavy atom. The Morgan fingerprint density at radius 1 is 0.759 bits per heavy atom. The number of hydrogen-bond donors (Lipinski definition) is 0. The summed E-state index contributed by atoms with van der Waals surface area (Å²) in [5.41, 5.74) is 0.582. The quantitative estimate of drug-likeness (QED) is 0.111. The van der Waals surface area contributed by atoms with Gasteiger partial charge in [0.2, 0.25) is 0 Å². The summed E-state index contributed by atoms with van der Waals surface area (Å²) in [5, 5.41) is 0. The van der Waals surface area contributed by atoms with Crippen LogP contribution in [0.3, 0.4) is 0 Å². The number of unbranched alkanes of at least 4 members (excludes halogenated alkanes) is 11. The number of benzene rings is 1. The zero-order chi connectivity index (χ0) is 21.0.